The smallest absolute Gasteiger partial charge is 0.353 e. The summed E-state index contributed by atoms with van der Waals surface area (Å²) in [6, 6.07) is 27.3. The summed E-state index contributed by atoms with van der Waals surface area (Å²) in [6.07, 6.45) is 0.742. The second-order valence-corrected chi connectivity index (χ2v) is 8.62. The van der Waals surface area contributed by atoms with Crippen LogP contribution in [0.4, 0.5) is 0 Å². The molecule has 1 amide bonds. The number of carbonyl (C=O) groups excluding carboxylic acids is 2. The molecule has 4 rings (SSSR count). The number of carbonyl (C=O) groups is 2. The van der Waals surface area contributed by atoms with Crippen LogP contribution in [0.2, 0.25) is 0 Å². The highest BCUT2D eigenvalue weighted by atomic mass is 32.1. The molecule has 182 valence electrons. The first kappa shape index (κ1) is 24.7. The highest BCUT2D eigenvalue weighted by Crippen LogP contribution is 2.20. The fourth-order valence-electron chi connectivity index (χ4n) is 3.05. The fourth-order valence-corrected chi connectivity index (χ4v) is 3.65. The van der Waals surface area contributed by atoms with Crippen molar-refractivity contribution in [3.8, 4) is 17.2 Å². The molecule has 0 aliphatic carbocycles. The molecule has 4 aromatic rings. The van der Waals surface area contributed by atoms with E-state index in [4.69, 9.17) is 14.2 Å². The second kappa shape index (κ2) is 12.3. The molecule has 0 saturated carbocycles. The lowest BCUT2D eigenvalue weighted by molar-refractivity contribution is -0.127. The van der Waals surface area contributed by atoms with Crippen molar-refractivity contribution in [3.63, 3.8) is 0 Å². The number of amides is 1. The zero-order chi connectivity index (χ0) is 25.2. The number of benzene rings is 3. The first-order chi connectivity index (χ1) is 17.6. The molecular weight excluding hydrogens is 476 g/mol. The summed E-state index contributed by atoms with van der Waals surface area (Å²) in [7, 11) is 0. The van der Waals surface area contributed by atoms with Crippen molar-refractivity contribution in [1.82, 2.24) is 5.43 Å². The molecular formula is C28H24N2O5S. The Balaban J connectivity index is 1.21. The van der Waals surface area contributed by atoms with Gasteiger partial charge in [-0.2, -0.15) is 5.10 Å². The van der Waals surface area contributed by atoms with Crippen LogP contribution >= 0.6 is 11.3 Å². The van der Waals surface area contributed by atoms with Crippen molar-refractivity contribution >= 4 is 29.4 Å². The molecule has 0 fully saturated rings. The van der Waals surface area contributed by atoms with Crippen molar-refractivity contribution in [2.24, 2.45) is 5.10 Å². The third-order valence-corrected chi connectivity index (χ3v) is 5.81. The van der Waals surface area contributed by atoms with Gasteiger partial charge in [0, 0.05) is 0 Å². The van der Waals surface area contributed by atoms with E-state index < -0.39 is 18.0 Å². The van der Waals surface area contributed by atoms with Crippen molar-refractivity contribution < 1.29 is 23.8 Å². The Labute approximate surface area is 213 Å². The topological polar surface area (TPSA) is 86.2 Å². The van der Waals surface area contributed by atoms with E-state index in [1.165, 1.54) is 17.6 Å². The van der Waals surface area contributed by atoms with Crippen LogP contribution in [-0.2, 0) is 11.4 Å². The molecule has 1 heterocycles. The number of esters is 1. The maximum Gasteiger partial charge on any atom is 0.353 e. The van der Waals surface area contributed by atoms with E-state index in [1.807, 2.05) is 35.7 Å². The van der Waals surface area contributed by atoms with Crippen LogP contribution in [0.3, 0.4) is 0 Å². The van der Waals surface area contributed by atoms with Gasteiger partial charge in [0.25, 0.3) is 5.91 Å². The molecule has 0 radical (unpaired) electrons. The average Bonchev–Trinajstić information content (AvgIpc) is 3.45. The van der Waals surface area contributed by atoms with Gasteiger partial charge in [0.1, 0.15) is 28.7 Å². The van der Waals surface area contributed by atoms with Crippen LogP contribution in [0, 0.1) is 0 Å². The molecule has 1 aromatic heterocycles. The minimum absolute atomic E-state index is 0.392. The average molecular weight is 501 g/mol. The predicted molar refractivity (Wildman–Crippen MR) is 139 cm³/mol. The molecule has 3 aromatic carbocycles. The van der Waals surface area contributed by atoms with Crippen LogP contribution in [0.5, 0.6) is 17.2 Å². The molecule has 1 N–H and O–H groups in total. The molecule has 0 aliphatic rings. The van der Waals surface area contributed by atoms with Crippen LogP contribution in [0.1, 0.15) is 27.7 Å². The van der Waals surface area contributed by atoms with E-state index in [0.717, 1.165) is 11.1 Å². The van der Waals surface area contributed by atoms with E-state index in [-0.39, 0.29) is 0 Å². The van der Waals surface area contributed by atoms with Crippen LogP contribution < -0.4 is 19.6 Å². The van der Waals surface area contributed by atoms with Crippen LogP contribution in [0.25, 0.3) is 0 Å². The molecule has 0 spiro atoms. The first-order valence-corrected chi connectivity index (χ1v) is 12.1. The Kier molecular flexibility index (Phi) is 8.45. The highest BCUT2D eigenvalue weighted by Gasteiger charge is 2.14. The van der Waals surface area contributed by atoms with Gasteiger partial charge < -0.3 is 14.2 Å². The van der Waals surface area contributed by atoms with Crippen molar-refractivity contribution in [2.45, 2.75) is 19.6 Å². The zero-order valence-electron chi connectivity index (χ0n) is 19.5. The van der Waals surface area contributed by atoms with Gasteiger partial charge in [-0.3, -0.25) is 4.79 Å². The number of hydrogen-bond acceptors (Lipinski definition) is 7. The number of rotatable bonds is 10. The summed E-state index contributed by atoms with van der Waals surface area (Å²) in [4.78, 5) is 24.9. The molecule has 8 heteroatoms. The Morgan fingerprint density at radius 3 is 2.28 bits per heavy atom. The van der Waals surface area contributed by atoms with Crippen molar-refractivity contribution in [3.05, 3.63) is 112 Å². The number of nitrogens with one attached hydrogen (secondary N) is 1. The van der Waals surface area contributed by atoms with Gasteiger partial charge >= 0.3 is 5.97 Å². The van der Waals surface area contributed by atoms with E-state index >= 15 is 0 Å². The zero-order valence-corrected chi connectivity index (χ0v) is 20.3. The number of hydrazone groups is 1. The predicted octanol–water partition coefficient (Wildman–Crippen LogP) is 5.46. The lowest BCUT2D eigenvalue weighted by atomic mass is 10.2. The van der Waals surface area contributed by atoms with Gasteiger partial charge in [0.15, 0.2) is 6.10 Å². The van der Waals surface area contributed by atoms with E-state index in [9.17, 15) is 9.59 Å². The maximum atomic E-state index is 12.3. The highest BCUT2D eigenvalue weighted by molar-refractivity contribution is 7.12. The Hall–Kier alpha value is -4.43. The van der Waals surface area contributed by atoms with Gasteiger partial charge in [0.2, 0.25) is 0 Å². The van der Waals surface area contributed by atoms with Crippen molar-refractivity contribution in [2.75, 3.05) is 0 Å². The molecule has 0 aliphatic heterocycles. The summed E-state index contributed by atoms with van der Waals surface area (Å²) in [6.45, 7) is 2.11. The van der Waals surface area contributed by atoms with Gasteiger partial charge in [-0.25, -0.2) is 10.2 Å². The minimum atomic E-state index is -0.753. The van der Waals surface area contributed by atoms with Crippen LogP contribution in [0.15, 0.2) is 101 Å². The number of nitrogens with zero attached hydrogens (tertiary/aromatic N) is 1. The number of hydrogen-bond donors (Lipinski definition) is 1. The second-order valence-electron chi connectivity index (χ2n) is 7.68. The first-order valence-electron chi connectivity index (χ1n) is 11.2. The van der Waals surface area contributed by atoms with Crippen molar-refractivity contribution in [1.29, 1.82) is 0 Å². The monoisotopic (exact) mass is 500 g/mol. The summed E-state index contributed by atoms with van der Waals surface area (Å²) >= 11 is 1.32. The van der Waals surface area contributed by atoms with Gasteiger partial charge in [0.05, 0.1) is 6.21 Å². The summed E-state index contributed by atoms with van der Waals surface area (Å²) < 4.78 is 16.8. The lowest BCUT2D eigenvalue weighted by Gasteiger charge is -2.13. The third kappa shape index (κ3) is 7.28. The Morgan fingerprint density at radius 1 is 0.889 bits per heavy atom. The van der Waals surface area contributed by atoms with Crippen LogP contribution in [-0.4, -0.2) is 24.2 Å². The minimum Gasteiger partial charge on any atom is -0.489 e. The van der Waals surface area contributed by atoms with Gasteiger partial charge in [-0.1, -0.05) is 36.4 Å². The normalized spacial score (nSPS) is 11.6. The van der Waals surface area contributed by atoms with E-state index in [2.05, 4.69) is 10.5 Å². The maximum absolute atomic E-state index is 12.3. The van der Waals surface area contributed by atoms with Gasteiger partial charge in [-0.05, 0) is 78.0 Å². The molecule has 0 bridgehead atoms. The summed E-state index contributed by atoms with van der Waals surface area (Å²) in [5.74, 6) is 0.883. The summed E-state index contributed by atoms with van der Waals surface area (Å²) in [5.41, 5.74) is 4.27. The molecule has 1 unspecified atom stereocenters. The SMILES string of the molecule is CC(Oc1ccc(OCc2ccccc2)cc1)C(=O)N/N=C/c1ccc(OC(=O)c2cccs2)cc1. The Morgan fingerprint density at radius 2 is 1.58 bits per heavy atom. The molecule has 1 atom stereocenters. The number of ether oxygens (including phenoxy) is 3. The van der Waals surface area contributed by atoms with E-state index in [1.54, 1.807) is 67.6 Å². The molecule has 36 heavy (non-hydrogen) atoms. The number of thiophene rings is 1. The lowest BCUT2D eigenvalue weighted by Crippen LogP contribution is -2.33. The standard InChI is InChI=1S/C28H24N2O5S/c1-20(34-24-15-13-23(14-16-24)33-19-22-6-3-2-4-7-22)27(31)30-29-18-21-9-11-25(12-10-21)35-28(32)26-8-5-17-36-26/h2-18,20H,19H2,1H3,(H,30,31)/b29-18+. The third-order valence-electron chi connectivity index (χ3n) is 4.96. The fraction of sp³-hybridized carbons (Fsp3) is 0.107. The van der Waals surface area contributed by atoms with Gasteiger partial charge in [-0.15, -0.1) is 11.3 Å². The quantitative estimate of drug-likeness (QED) is 0.135. The summed E-state index contributed by atoms with van der Waals surface area (Å²) in [5, 5.41) is 5.79. The molecule has 0 saturated heterocycles. The van der Waals surface area contributed by atoms with E-state index in [0.29, 0.717) is 28.7 Å². The Bertz CT molecular complexity index is 1290. The molecule has 7 nitrogen and oxygen atoms in total. The largest absolute Gasteiger partial charge is 0.489 e.